The molecular formula is C30H32N2O4. The van der Waals surface area contributed by atoms with Gasteiger partial charge in [0.2, 0.25) is 0 Å². The molecule has 3 aromatic rings. The number of fused-ring (bicyclic) bond motifs is 1. The number of methoxy groups -OCH3 is 1. The Morgan fingerprint density at radius 3 is 2.39 bits per heavy atom. The molecule has 0 spiro atoms. The first-order valence-electron chi connectivity index (χ1n) is 12.4. The zero-order valence-electron chi connectivity index (χ0n) is 20.9. The average Bonchev–Trinajstić information content (AvgIpc) is 3.04. The smallest absolute Gasteiger partial charge is 0.163 e. The second-order valence-corrected chi connectivity index (χ2v) is 9.87. The highest BCUT2D eigenvalue weighted by Crippen LogP contribution is 2.45. The van der Waals surface area contributed by atoms with E-state index in [0.717, 1.165) is 33.9 Å². The van der Waals surface area contributed by atoms with Crippen molar-refractivity contribution in [3.05, 3.63) is 89.1 Å². The summed E-state index contributed by atoms with van der Waals surface area (Å²) in [4.78, 5) is 13.7. The van der Waals surface area contributed by atoms with Gasteiger partial charge in [0.1, 0.15) is 5.75 Å². The lowest BCUT2D eigenvalue weighted by atomic mass is 9.78. The molecule has 2 atom stereocenters. The van der Waals surface area contributed by atoms with Gasteiger partial charge in [-0.25, -0.2) is 0 Å². The third kappa shape index (κ3) is 4.76. The van der Waals surface area contributed by atoms with Crippen LogP contribution in [0.15, 0.2) is 78.0 Å². The fourth-order valence-electron chi connectivity index (χ4n) is 4.96. The lowest BCUT2D eigenvalue weighted by Gasteiger charge is -2.30. The number of benzene rings is 3. The number of Topliss-reactive ketones (excluding diaryl/α,β-unsaturated/α-hetero) is 1. The number of ether oxygens (including phenoxy) is 2. The van der Waals surface area contributed by atoms with Crippen molar-refractivity contribution in [2.45, 2.75) is 38.6 Å². The molecule has 0 aromatic heterocycles. The van der Waals surface area contributed by atoms with Crippen molar-refractivity contribution < 1.29 is 19.4 Å². The molecule has 6 heteroatoms. The fraction of sp³-hybridized carbons (Fsp3) is 0.300. The Morgan fingerprint density at radius 2 is 1.69 bits per heavy atom. The summed E-state index contributed by atoms with van der Waals surface area (Å²) in [7, 11) is 1.52. The highest BCUT2D eigenvalue weighted by molar-refractivity contribution is 6.01. The number of carbonyl (C=O) groups is 1. The molecule has 0 radical (unpaired) electrons. The molecule has 0 saturated heterocycles. The minimum atomic E-state index is -0.395. The van der Waals surface area contributed by atoms with E-state index >= 15 is 0 Å². The van der Waals surface area contributed by atoms with Crippen LogP contribution in [0.25, 0.3) is 0 Å². The van der Waals surface area contributed by atoms with Crippen LogP contribution >= 0.6 is 0 Å². The molecule has 0 bridgehead atoms. The first-order valence-corrected chi connectivity index (χ1v) is 12.4. The van der Waals surface area contributed by atoms with Gasteiger partial charge in [-0.05, 0) is 65.8 Å². The Bertz CT molecular complexity index is 1300. The standard InChI is InChI=1S/C30H32N2O4/c1-18(2)17-36-22-11-8-19(9-12-22)21-14-25-29(27(34)16-21)30(20-10-13-28(35-3)26(33)15-20)32-24-7-5-4-6-23(24)31-25/h4-13,15,18,21,30-33H,14,16-17H2,1-3H3. The molecule has 1 aliphatic heterocycles. The van der Waals surface area contributed by atoms with Crippen LogP contribution in [0, 0.1) is 5.92 Å². The van der Waals surface area contributed by atoms with Gasteiger partial charge in [-0.2, -0.15) is 0 Å². The summed E-state index contributed by atoms with van der Waals surface area (Å²) >= 11 is 0. The third-order valence-corrected chi connectivity index (χ3v) is 6.78. The van der Waals surface area contributed by atoms with Crippen LogP contribution in [0.4, 0.5) is 11.4 Å². The molecule has 1 heterocycles. The van der Waals surface area contributed by atoms with Crippen molar-refractivity contribution >= 4 is 17.2 Å². The second kappa shape index (κ2) is 9.97. The van der Waals surface area contributed by atoms with Gasteiger partial charge in [0.25, 0.3) is 0 Å². The molecule has 3 aromatic carbocycles. The molecule has 2 aliphatic rings. The molecule has 0 amide bonds. The quantitative estimate of drug-likeness (QED) is 0.375. The van der Waals surface area contributed by atoms with E-state index in [0.29, 0.717) is 36.7 Å². The van der Waals surface area contributed by atoms with E-state index in [2.05, 4.69) is 36.6 Å². The van der Waals surface area contributed by atoms with Crippen molar-refractivity contribution in [3.8, 4) is 17.2 Å². The predicted molar refractivity (Wildman–Crippen MR) is 142 cm³/mol. The fourth-order valence-corrected chi connectivity index (χ4v) is 4.96. The van der Waals surface area contributed by atoms with Crippen molar-refractivity contribution in [1.82, 2.24) is 0 Å². The summed E-state index contributed by atoms with van der Waals surface area (Å²) in [5, 5.41) is 17.6. The van der Waals surface area contributed by atoms with Gasteiger partial charge in [-0.3, -0.25) is 4.79 Å². The van der Waals surface area contributed by atoms with Gasteiger partial charge in [0.15, 0.2) is 17.3 Å². The summed E-state index contributed by atoms with van der Waals surface area (Å²) in [5.41, 5.74) is 5.38. The molecule has 36 heavy (non-hydrogen) atoms. The van der Waals surface area contributed by atoms with Gasteiger partial charge in [0, 0.05) is 17.7 Å². The minimum absolute atomic E-state index is 0.0466. The molecule has 5 rings (SSSR count). The highest BCUT2D eigenvalue weighted by Gasteiger charge is 2.36. The number of phenolic OH excluding ortho intramolecular Hbond substituents is 1. The maximum Gasteiger partial charge on any atom is 0.163 e. The van der Waals surface area contributed by atoms with Crippen molar-refractivity contribution in [2.75, 3.05) is 24.4 Å². The van der Waals surface area contributed by atoms with Crippen LogP contribution < -0.4 is 20.1 Å². The second-order valence-electron chi connectivity index (χ2n) is 9.87. The SMILES string of the molecule is COc1ccc(C2Nc3ccccc3NC3=C2C(=O)CC(c2ccc(OCC(C)C)cc2)C3)cc1O. The lowest BCUT2D eigenvalue weighted by Crippen LogP contribution is -2.26. The number of hydrogen-bond donors (Lipinski definition) is 3. The lowest BCUT2D eigenvalue weighted by molar-refractivity contribution is -0.116. The Labute approximate surface area is 212 Å². The molecular weight excluding hydrogens is 452 g/mol. The Morgan fingerprint density at radius 1 is 0.972 bits per heavy atom. The number of rotatable bonds is 6. The van der Waals surface area contributed by atoms with Crippen LogP contribution in [0.3, 0.4) is 0 Å². The number of carbonyl (C=O) groups excluding carboxylic acids is 1. The van der Waals surface area contributed by atoms with E-state index in [1.165, 1.54) is 7.11 Å². The molecule has 3 N–H and O–H groups in total. The number of allylic oxidation sites excluding steroid dienone is 1. The third-order valence-electron chi connectivity index (χ3n) is 6.78. The summed E-state index contributed by atoms with van der Waals surface area (Å²) in [5.74, 6) is 1.91. The van der Waals surface area contributed by atoms with Gasteiger partial charge in [-0.1, -0.05) is 44.2 Å². The Balaban J connectivity index is 1.49. The summed E-state index contributed by atoms with van der Waals surface area (Å²) < 4.78 is 11.1. The monoisotopic (exact) mass is 484 g/mol. The van der Waals surface area contributed by atoms with Gasteiger partial charge >= 0.3 is 0 Å². The average molecular weight is 485 g/mol. The van der Waals surface area contributed by atoms with Gasteiger partial charge in [-0.15, -0.1) is 0 Å². The van der Waals surface area contributed by atoms with E-state index in [-0.39, 0.29) is 17.5 Å². The van der Waals surface area contributed by atoms with E-state index < -0.39 is 6.04 Å². The number of aromatic hydroxyl groups is 1. The van der Waals surface area contributed by atoms with E-state index in [1.54, 1.807) is 12.1 Å². The van der Waals surface area contributed by atoms with E-state index in [4.69, 9.17) is 9.47 Å². The largest absolute Gasteiger partial charge is 0.504 e. The number of hydrogen-bond acceptors (Lipinski definition) is 6. The van der Waals surface area contributed by atoms with Crippen LogP contribution in [0.2, 0.25) is 0 Å². The number of phenols is 1. The van der Waals surface area contributed by atoms with Crippen molar-refractivity contribution in [1.29, 1.82) is 0 Å². The van der Waals surface area contributed by atoms with Crippen LogP contribution in [-0.2, 0) is 4.79 Å². The molecule has 2 unspecified atom stereocenters. The summed E-state index contributed by atoms with van der Waals surface area (Å²) in [6.45, 7) is 4.93. The Kier molecular flexibility index (Phi) is 6.59. The maximum absolute atomic E-state index is 13.7. The highest BCUT2D eigenvalue weighted by atomic mass is 16.5. The summed E-state index contributed by atoms with van der Waals surface area (Å²) in [6.07, 6.45) is 1.13. The molecule has 6 nitrogen and oxygen atoms in total. The van der Waals surface area contributed by atoms with Gasteiger partial charge < -0.3 is 25.2 Å². The zero-order valence-corrected chi connectivity index (χ0v) is 20.9. The van der Waals surface area contributed by atoms with Gasteiger partial charge in [0.05, 0.1) is 31.1 Å². The first-order chi connectivity index (χ1) is 17.4. The number of nitrogens with one attached hydrogen (secondary N) is 2. The number of anilines is 2. The Hall–Kier alpha value is -3.93. The van der Waals surface area contributed by atoms with E-state index in [1.807, 2.05) is 42.5 Å². The normalized spacial score (nSPS) is 19.1. The van der Waals surface area contributed by atoms with Crippen LogP contribution in [-0.4, -0.2) is 24.6 Å². The molecule has 186 valence electrons. The molecule has 0 saturated carbocycles. The molecule has 0 fully saturated rings. The topological polar surface area (TPSA) is 79.8 Å². The number of ketones is 1. The first kappa shape index (κ1) is 23.8. The summed E-state index contributed by atoms with van der Waals surface area (Å²) in [6, 6.07) is 21.0. The molecule has 1 aliphatic carbocycles. The zero-order chi connectivity index (χ0) is 25.2. The van der Waals surface area contributed by atoms with Crippen molar-refractivity contribution in [2.24, 2.45) is 5.92 Å². The predicted octanol–water partition coefficient (Wildman–Crippen LogP) is 6.42. The maximum atomic E-state index is 13.7. The van der Waals surface area contributed by atoms with Crippen LogP contribution in [0.5, 0.6) is 17.2 Å². The van der Waals surface area contributed by atoms with Crippen LogP contribution in [0.1, 0.15) is 49.8 Å². The number of para-hydroxylation sites is 2. The van der Waals surface area contributed by atoms with Crippen molar-refractivity contribution in [3.63, 3.8) is 0 Å². The minimum Gasteiger partial charge on any atom is -0.504 e. The van der Waals surface area contributed by atoms with E-state index in [9.17, 15) is 9.90 Å².